The van der Waals surface area contributed by atoms with Gasteiger partial charge in [0.15, 0.2) is 0 Å². The fourth-order valence-electron chi connectivity index (χ4n) is 1.75. The molecule has 0 spiro atoms. The summed E-state index contributed by atoms with van der Waals surface area (Å²) in [5, 5.41) is 11.6. The summed E-state index contributed by atoms with van der Waals surface area (Å²) < 4.78 is 0. The van der Waals surface area contributed by atoms with Crippen LogP contribution >= 0.6 is 0 Å². The van der Waals surface area contributed by atoms with Crippen LogP contribution in [-0.2, 0) is 4.79 Å². The number of benzene rings is 1. The van der Waals surface area contributed by atoms with Gasteiger partial charge in [-0.1, -0.05) is 19.9 Å². The number of nitrogens with zero attached hydrogens (tertiary/aromatic N) is 2. The molecule has 0 radical (unpaired) electrons. The third kappa shape index (κ3) is 4.72. The van der Waals surface area contributed by atoms with Gasteiger partial charge in [-0.3, -0.25) is 9.69 Å². The Morgan fingerprint density at radius 3 is 2.68 bits per heavy atom. The zero-order valence-corrected chi connectivity index (χ0v) is 12.0. The van der Waals surface area contributed by atoms with Crippen LogP contribution in [0.5, 0.6) is 0 Å². The predicted octanol–water partition coefficient (Wildman–Crippen LogP) is 2.47. The van der Waals surface area contributed by atoms with Crippen molar-refractivity contribution in [2.75, 3.05) is 18.9 Å². The van der Waals surface area contributed by atoms with E-state index in [1.54, 1.807) is 24.3 Å². The van der Waals surface area contributed by atoms with Crippen molar-refractivity contribution in [2.24, 2.45) is 5.92 Å². The number of hydrogen-bond donors (Lipinski definition) is 1. The average molecular weight is 259 g/mol. The van der Waals surface area contributed by atoms with E-state index in [1.165, 1.54) is 0 Å². The normalized spacial score (nSPS) is 12.3. The average Bonchev–Trinajstić information content (AvgIpc) is 2.37. The topological polar surface area (TPSA) is 56.1 Å². The number of likely N-dealkylation sites (N-methyl/N-ethyl adjacent to an activating group) is 1. The second-order valence-electron chi connectivity index (χ2n) is 5.14. The Morgan fingerprint density at radius 1 is 1.42 bits per heavy atom. The lowest BCUT2D eigenvalue weighted by atomic mass is 10.1. The van der Waals surface area contributed by atoms with Crippen molar-refractivity contribution in [1.82, 2.24) is 4.90 Å². The molecule has 0 aliphatic rings. The molecule has 1 amide bonds. The molecule has 4 heteroatoms. The second kappa shape index (κ2) is 6.91. The number of rotatable bonds is 5. The van der Waals surface area contributed by atoms with Gasteiger partial charge in [-0.25, -0.2) is 0 Å². The zero-order chi connectivity index (χ0) is 14.4. The molecule has 1 N–H and O–H groups in total. The van der Waals surface area contributed by atoms with Gasteiger partial charge < -0.3 is 5.32 Å². The highest BCUT2D eigenvalue weighted by molar-refractivity contribution is 5.92. The Morgan fingerprint density at radius 2 is 2.11 bits per heavy atom. The quantitative estimate of drug-likeness (QED) is 0.883. The standard InChI is InChI=1S/C15H21N3O/c1-11(2)12(3)18(4)10-15(19)17-14-7-5-6-13(8-14)9-16/h5-8,11-12H,10H2,1-4H3,(H,17,19). The van der Waals surface area contributed by atoms with Crippen LogP contribution in [0.4, 0.5) is 5.69 Å². The monoisotopic (exact) mass is 259 g/mol. The van der Waals surface area contributed by atoms with Gasteiger partial charge in [0, 0.05) is 11.7 Å². The van der Waals surface area contributed by atoms with Crippen LogP contribution in [0.1, 0.15) is 26.3 Å². The first-order valence-corrected chi connectivity index (χ1v) is 6.44. The van der Waals surface area contributed by atoms with Gasteiger partial charge >= 0.3 is 0 Å². The molecule has 0 aliphatic heterocycles. The van der Waals surface area contributed by atoms with Crippen LogP contribution in [0.25, 0.3) is 0 Å². The van der Waals surface area contributed by atoms with Crippen molar-refractivity contribution in [3.63, 3.8) is 0 Å². The highest BCUT2D eigenvalue weighted by atomic mass is 16.2. The number of nitriles is 1. The van der Waals surface area contributed by atoms with E-state index < -0.39 is 0 Å². The molecule has 1 aromatic rings. The molecule has 19 heavy (non-hydrogen) atoms. The van der Waals surface area contributed by atoms with E-state index in [2.05, 4.69) is 32.2 Å². The van der Waals surface area contributed by atoms with Crippen molar-refractivity contribution in [3.05, 3.63) is 29.8 Å². The van der Waals surface area contributed by atoms with Crippen molar-refractivity contribution in [2.45, 2.75) is 26.8 Å². The van der Waals surface area contributed by atoms with Crippen LogP contribution in [0, 0.1) is 17.2 Å². The summed E-state index contributed by atoms with van der Waals surface area (Å²) in [7, 11) is 1.94. The molecule has 0 heterocycles. The molecule has 0 aromatic heterocycles. The molecule has 0 saturated heterocycles. The number of carbonyl (C=O) groups excluding carboxylic acids is 1. The second-order valence-corrected chi connectivity index (χ2v) is 5.14. The van der Waals surface area contributed by atoms with Crippen LogP contribution in [0.15, 0.2) is 24.3 Å². The Bertz CT molecular complexity index is 477. The molecule has 0 fully saturated rings. The highest BCUT2D eigenvalue weighted by Gasteiger charge is 2.15. The number of anilines is 1. The minimum Gasteiger partial charge on any atom is -0.325 e. The molecule has 0 bridgehead atoms. The van der Waals surface area contributed by atoms with Crippen molar-refractivity contribution < 1.29 is 4.79 Å². The molecule has 1 atom stereocenters. The maximum atomic E-state index is 11.9. The maximum absolute atomic E-state index is 11.9. The van der Waals surface area contributed by atoms with Gasteiger partial charge in [-0.15, -0.1) is 0 Å². The molecular formula is C15H21N3O. The fraction of sp³-hybridized carbons (Fsp3) is 0.467. The summed E-state index contributed by atoms with van der Waals surface area (Å²) in [4.78, 5) is 13.9. The molecule has 0 aliphatic carbocycles. The minimum absolute atomic E-state index is 0.0647. The van der Waals surface area contributed by atoms with Gasteiger partial charge in [0.25, 0.3) is 0 Å². The van der Waals surface area contributed by atoms with Gasteiger partial charge in [-0.2, -0.15) is 5.26 Å². The summed E-state index contributed by atoms with van der Waals surface area (Å²) in [6.07, 6.45) is 0. The van der Waals surface area contributed by atoms with Gasteiger partial charge in [-0.05, 0) is 38.1 Å². The summed E-state index contributed by atoms with van der Waals surface area (Å²) in [6, 6.07) is 9.32. The van der Waals surface area contributed by atoms with E-state index >= 15 is 0 Å². The molecule has 1 rings (SSSR count). The van der Waals surface area contributed by atoms with Crippen molar-refractivity contribution in [3.8, 4) is 6.07 Å². The number of amides is 1. The third-order valence-corrected chi connectivity index (χ3v) is 3.33. The third-order valence-electron chi connectivity index (χ3n) is 3.33. The first kappa shape index (κ1) is 15.2. The summed E-state index contributed by atoms with van der Waals surface area (Å²) >= 11 is 0. The number of hydrogen-bond acceptors (Lipinski definition) is 3. The first-order valence-electron chi connectivity index (χ1n) is 6.44. The Balaban J connectivity index is 2.58. The fourth-order valence-corrected chi connectivity index (χ4v) is 1.75. The molecule has 1 unspecified atom stereocenters. The smallest absolute Gasteiger partial charge is 0.238 e. The van der Waals surface area contributed by atoms with E-state index in [0.717, 1.165) is 0 Å². The Labute approximate surface area is 115 Å². The van der Waals surface area contributed by atoms with E-state index in [0.29, 0.717) is 29.8 Å². The van der Waals surface area contributed by atoms with E-state index in [1.807, 2.05) is 11.9 Å². The lowest BCUT2D eigenvalue weighted by Crippen LogP contribution is -2.39. The maximum Gasteiger partial charge on any atom is 0.238 e. The van der Waals surface area contributed by atoms with E-state index in [-0.39, 0.29) is 5.91 Å². The van der Waals surface area contributed by atoms with Crippen LogP contribution in [-0.4, -0.2) is 30.4 Å². The van der Waals surface area contributed by atoms with Gasteiger partial charge in [0.1, 0.15) is 0 Å². The van der Waals surface area contributed by atoms with Crippen LogP contribution in [0.3, 0.4) is 0 Å². The Hall–Kier alpha value is -1.86. The minimum atomic E-state index is -0.0647. The largest absolute Gasteiger partial charge is 0.325 e. The molecule has 0 saturated carbocycles. The van der Waals surface area contributed by atoms with Crippen molar-refractivity contribution >= 4 is 11.6 Å². The SMILES string of the molecule is CC(C)C(C)N(C)CC(=O)Nc1cccc(C#N)c1. The molecule has 1 aromatic carbocycles. The molecule has 4 nitrogen and oxygen atoms in total. The van der Waals surface area contributed by atoms with E-state index in [9.17, 15) is 4.79 Å². The van der Waals surface area contributed by atoms with Crippen LogP contribution in [0.2, 0.25) is 0 Å². The summed E-state index contributed by atoms with van der Waals surface area (Å²) in [5.41, 5.74) is 1.20. The molecule has 102 valence electrons. The zero-order valence-electron chi connectivity index (χ0n) is 12.0. The Kier molecular flexibility index (Phi) is 5.53. The first-order chi connectivity index (χ1) is 8.93. The highest BCUT2D eigenvalue weighted by Crippen LogP contribution is 2.11. The summed E-state index contributed by atoms with van der Waals surface area (Å²) in [6.45, 7) is 6.72. The van der Waals surface area contributed by atoms with Crippen LogP contribution < -0.4 is 5.32 Å². The lowest BCUT2D eigenvalue weighted by molar-refractivity contribution is -0.117. The summed E-state index contributed by atoms with van der Waals surface area (Å²) in [5.74, 6) is 0.435. The predicted molar refractivity (Wildman–Crippen MR) is 76.7 cm³/mol. The van der Waals surface area contributed by atoms with Gasteiger partial charge in [0.05, 0.1) is 18.2 Å². The lowest BCUT2D eigenvalue weighted by Gasteiger charge is -2.27. The van der Waals surface area contributed by atoms with E-state index in [4.69, 9.17) is 5.26 Å². The molecular weight excluding hydrogens is 238 g/mol. The van der Waals surface area contributed by atoms with Gasteiger partial charge in [0.2, 0.25) is 5.91 Å². The number of carbonyl (C=O) groups is 1. The van der Waals surface area contributed by atoms with Crippen molar-refractivity contribution in [1.29, 1.82) is 5.26 Å². The number of nitrogens with one attached hydrogen (secondary N) is 1.